The summed E-state index contributed by atoms with van der Waals surface area (Å²) in [5, 5.41) is 0.119. The van der Waals surface area contributed by atoms with Crippen molar-refractivity contribution in [3.63, 3.8) is 0 Å². The molecule has 0 aliphatic heterocycles. The first kappa shape index (κ1) is 15.1. The number of methoxy groups -OCH3 is 2. The van der Waals surface area contributed by atoms with Gasteiger partial charge in [-0.2, -0.15) is 0 Å². The van der Waals surface area contributed by atoms with Gasteiger partial charge in [-0.15, -0.1) is 0 Å². The van der Waals surface area contributed by atoms with Crippen LogP contribution in [0.5, 0.6) is 11.5 Å². The molecule has 0 aliphatic carbocycles. The average Bonchev–Trinajstić information content (AvgIpc) is 2.44. The molecule has 0 saturated carbocycles. The van der Waals surface area contributed by atoms with Gasteiger partial charge in [-0.25, -0.2) is 4.39 Å². The van der Waals surface area contributed by atoms with Crippen molar-refractivity contribution in [1.29, 1.82) is 0 Å². The largest absolute Gasteiger partial charge is 0.496 e. The third-order valence-corrected chi connectivity index (χ3v) is 3.88. The molecule has 2 nitrogen and oxygen atoms in total. The minimum absolute atomic E-state index is 0.119. The van der Waals surface area contributed by atoms with Crippen LogP contribution in [0.25, 0.3) is 0 Å². The summed E-state index contributed by atoms with van der Waals surface area (Å²) < 4.78 is 25.3. The highest BCUT2D eigenvalue weighted by Crippen LogP contribution is 2.34. The number of hydrogen-bond acceptors (Lipinski definition) is 2. The van der Waals surface area contributed by atoms with E-state index in [0.29, 0.717) is 23.5 Å². The summed E-state index contributed by atoms with van der Waals surface area (Å²) in [6, 6.07) is 8.59. The van der Waals surface area contributed by atoms with Crippen LogP contribution in [0.15, 0.2) is 34.8 Å². The molecule has 2 aromatic carbocycles. The van der Waals surface area contributed by atoms with Gasteiger partial charge in [0, 0.05) is 12.5 Å². The van der Waals surface area contributed by atoms with Crippen LogP contribution in [0.2, 0.25) is 5.02 Å². The van der Waals surface area contributed by atoms with E-state index in [-0.39, 0.29) is 5.02 Å². The van der Waals surface area contributed by atoms with Crippen LogP contribution in [0, 0.1) is 5.82 Å². The van der Waals surface area contributed by atoms with Gasteiger partial charge in [0.1, 0.15) is 17.3 Å². The van der Waals surface area contributed by atoms with Crippen molar-refractivity contribution in [3.05, 3.63) is 56.8 Å². The number of halogens is 3. The fraction of sp³-hybridized carbons (Fsp3) is 0.200. The number of rotatable bonds is 4. The van der Waals surface area contributed by atoms with Crippen molar-refractivity contribution in [2.24, 2.45) is 0 Å². The standard InChI is InChI=1S/C15H13BrClFO2/c1-19-13-8-14(20-2)11(16)7-10(13)6-9-4-3-5-12(17)15(9)18/h3-5,7-8H,6H2,1-2H3. The molecule has 0 spiro atoms. The second-order valence-corrected chi connectivity index (χ2v) is 5.45. The first-order chi connectivity index (χ1) is 9.56. The lowest BCUT2D eigenvalue weighted by Gasteiger charge is -2.13. The molecule has 0 unspecified atom stereocenters. The van der Waals surface area contributed by atoms with Gasteiger partial charge in [0.15, 0.2) is 0 Å². The Bertz CT molecular complexity index is 632. The van der Waals surface area contributed by atoms with E-state index in [4.69, 9.17) is 21.1 Å². The van der Waals surface area contributed by atoms with E-state index in [1.54, 1.807) is 32.4 Å². The van der Waals surface area contributed by atoms with Crippen LogP contribution < -0.4 is 9.47 Å². The fourth-order valence-corrected chi connectivity index (χ4v) is 2.70. The number of ether oxygens (including phenoxy) is 2. The first-order valence-electron chi connectivity index (χ1n) is 5.90. The maximum Gasteiger partial charge on any atom is 0.145 e. The van der Waals surface area contributed by atoms with E-state index in [1.807, 2.05) is 6.07 Å². The minimum Gasteiger partial charge on any atom is -0.496 e. The smallest absolute Gasteiger partial charge is 0.145 e. The highest BCUT2D eigenvalue weighted by molar-refractivity contribution is 9.10. The molecule has 5 heteroatoms. The van der Waals surface area contributed by atoms with Crippen LogP contribution >= 0.6 is 27.5 Å². The monoisotopic (exact) mass is 358 g/mol. The predicted octanol–water partition coefficient (Wildman–Crippen LogP) is 4.85. The Kier molecular flexibility index (Phi) is 4.89. The molecular formula is C15H13BrClFO2. The Balaban J connectivity index is 2.42. The molecule has 0 radical (unpaired) electrons. The lowest BCUT2D eigenvalue weighted by molar-refractivity contribution is 0.390. The Morgan fingerprint density at radius 2 is 1.80 bits per heavy atom. The minimum atomic E-state index is -0.400. The summed E-state index contributed by atoms with van der Waals surface area (Å²) in [6.07, 6.45) is 0.387. The average molecular weight is 360 g/mol. The predicted molar refractivity (Wildman–Crippen MR) is 81.5 cm³/mol. The SMILES string of the molecule is COc1cc(OC)c(Cc2cccc(Cl)c2F)cc1Br. The Labute approximate surface area is 130 Å². The second kappa shape index (κ2) is 6.46. The van der Waals surface area contributed by atoms with Crippen LogP contribution in [-0.4, -0.2) is 14.2 Å². The molecule has 2 aromatic rings. The Hall–Kier alpha value is -1.26. The zero-order chi connectivity index (χ0) is 14.7. The maximum atomic E-state index is 14.0. The van der Waals surface area contributed by atoms with Gasteiger partial charge >= 0.3 is 0 Å². The van der Waals surface area contributed by atoms with E-state index < -0.39 is 5.82 Å². The Morgan fingerprint density at radius 1 is 1.10 bits per heavy atom. The van der Waals surface area contributed by atoms with Gasteiger partial charge in [-0.1, -0.05) is 23.7 Å². The summed E-state index contributed by atoms with van der Waals surface area (Å²) in [5.41, 5.74) is 1.37. The zero-order valence-electron chi connectivity index (χ0n) is 11.0. The van der Waals surface area contributed by atoms with Crippen LogP contribution in [-0.2, 0) is 6.42 Å². The van der Waals surface area contributed by atoms with Gasteiger partial charge in [-0.05, 0) is 39.2 Å². The zero-order valence-corrected chi connectivity index (χ0v) is 13.4. The summed E-state index contributed by atoms with van der Waals surface area (Å²) in [7, 11) is 3.15. The molecule has 20 heavy (non-hydrogen) atoms. The summed E-state index contributed by atoms with van der Waals surface area (Å²) in [4.78, 5) is 0. The van der Waals surface area contributed by atoms with Crippen LogP contribution in [0.3, 0.4) is 0 Å². The maximum absolute atomic E-state index is 14.0. The topological polar surface area (TPSA) is 18.5 Å². The fourth-order valence-electron chi connectivity index (χ4n) is 1.95. The molecular weight excluding hydrogens is 347 g/mol. The molecule has 0 aromatic heterocycles. The molecule has 0 N–H and O–H groups in total. The van der Waals surface area contributed by atoms with Crippen molar-refractivity contribution in [2.45, 2.75) is 6.42 Å². The van der Waals surface area contributed by atoms with Crippen LogP contribution in [0.4, 0.5) is 4.39 Å². The van der Waals surface area contributed by atoms with Gasteiger partial charge < -0.3 is 9.47 Å². The molecule has 2 rings (SSSR count). The van der Waals surface area contributed by atoms with E-state index in [0.717, 1.165) is 10.0 Å². The van der Waals surface area contributed by atoms with Crippen molar-refractivity contribution in [2.75, 3.05) is 14.2 Å². The van der Waals surface area contributed by atoms with Gasteiger partial charge in [0.25, 0.3) is 0 Å². The third-order valence-electron chi connectivity index (χ3n) is 2.97. The van der Waals surface area contributed by atoms with E-state index >= 15 is 0 Å². The quantitative estimate of drug-likeness (QED) is 0.777. The third kappa shape index (κ3) is 3.07. The molecule has 0 bridgehead atoms. The summed E-state index contributed by atoms with van der Waals surface area (Å²) in [6.45, 7) is 0. The molecule has 0 fully saturated rings. The number of benzene rings is 2. The van der Waals surface area contributed by atoms with Gasteiger partial charge in [0.2, 0.25) is 0 Å². The van der Waals surface area contributed by atoms with Crippen LogP contribution in [0.1, 0.15) is 11.1 Å². The first-order valence-corrected chi connectivity index (χ1v) is 7.07. The highest BCUT2D eigenvalue weighted by Gasteiger charge is 2.13. The summed E-state index contributed by atoms with van der Waals surface area (Å²) in [5.74, 6) is 0.907. The molecule has 0 atom stereocenters. The Morgan fingerprint density at radius 3 is 2.45 bits per heavy atom. The van der Waals surface area contributed by atoms with Gasteiger partial charge in [-0.3, -0.25) is 0 Å². The van der Waals surface area contributed by atoms with E-state index in [1.165, 1.54) is 6.07 Å². The van der Waals surface area contributed by atoms with Gasteiger partial charge in [0.05, 0.1) is 23.7 Å². The van der Waals surface area contributed by atoms with E-state index in [9.17, 15) is 4.39 Å². The summed E-state index contributed by atoms with van der Waals surface area (Å²) >= 11 is 9.21. The highest BCUT2D eigenvalue weighted by atomic mass is 79.9. The lowest BCUT2D eigenvalue weighted by atomic mass is 10.0. The van der Waals surface area contributed by atoms with Crippen molar-refractivity contribution in [1.82, 2.24) is 0 Å². The van der Waals surface area contributed by atoms with Crippen molar-refractivity contribution < 1.29 is 13.9 Å². The van der Waals surface area contributed by atoms with Crippen molar-refractivity contribution in [3.8, 4) is 11.5 Å². The number of hydrogen-bond donors (Lipinski definition) is 0. The molecule has 0 aliphatic rings. The lowest BCUT2D eigenvalue weighted by Crippen LogP contribution is -1.98. The normalized spacial score (nSPS) is 10.4. The van der Waals surface area contributed by atoms with E-state index in [2.05, 4.69) is 15.9 Å². The molecule has 106 valence electrons. The second-order valence-electron chi connectivity index (χ2n) is 4.19. The molecule has 0 heterocycles. The molecule has 0 amide bonds. The molecule has 0 saturated heterocycles. The van der Waals surface area contributed by atoms with Crippen molar-refractivity contribution >= 4 is 27.5 Å².